The van der Waals surface area contributed by atoms with E-state index in [0.717, 1.165) is 48.6 Å². The van der Waals surface area contributed by atoms with Gasteiger partial charge < -0.3 is 4.42 Å². The summed E-state index contributed by atoms with van der Waals surface area (Å²) in [4.78, 5) is 13.3. The Morgan fingerprint density at radius 2 is 1.56 bits per heavy atom. The van der Waals surface area contributed by atoms with E-state index in [1.807, 2.05) is 66.7 Å². The van der Waals surface area contributed by atoms with Crippen molar-refractivity contribution in [3.63, 3.8) is 0 Å². The summed E-state index contributed by atoms with van der Waals surface area (Å²) in [6.07, 6.45) is 0. The molecule has 0 bridgehead atoms. The lowest BCUT2D eigenvalue weighted by Gasteiger charge is -2.03. The summed E-state index contributed by atoms with van der Waals surface area (Å²) in [6.45, 7) is 0. The zero-order valence-electron chi connectivity index (χ0n) is 14.1. The predicted molar refractivity (Wildman–Crippen MR) is 113 cm³/mol. The zero-order chi connectivity index (χ0) is 18.1. The van der Waals surface area contributed by atoms with E-state index in [1.165, 1.54) is 0 Å². The quantitative estimate of drug-likeness (QED) is 0.320. The van der Waals surface area contributed by atoms with Crippen LogP contribution in [0.25, 0.3) is 49.5 Å². The molecule has 0 saturated carbocycles. The molecule has 0 aliphatic carbocycles. The Balaban J connectivity index is 1.99. The molecular formula is C23H12BrNO2. The lowest BCUT2D eigenvalue weighted by Crippen LogP contribution is -2.12. The average Bonchev–Trinajstić information content (AvgIpc) is 3.24. The van der Waals surface area contributed by atoms with Crippen LogP contribution in [0.15, 0.2) is 86.5 Å². The summed E-state index contributed by atoms with van der Waals surface area (Å²) in [5.41, 5.74) is 3.49. The highest BCUT2D eigenvalue weighted by molar-refractivity contribution is 9.10. The molecule has 0 unspecified atom stereocenters. The molecule has 0 spiro atoms. The summed E-state index contributed by atoms with van der Waals surface area (Å²) in [6, 6.07) is 23.7. The summed E-state index contributed by atoms with van der Waals surface area (Å²) >= 11 is 3.57. The molecule has 0 fully saturated rings. The first-order valence-corrected chi connectivity index (χ1v) is 9.49. The fourth-order valence-electron chi connectivity index (χ4n) is 4.08. The summed E-state index contributed by atoms with van der Waals surface area (Å²) in [5, 5.41) is 3.51. The van der Waals surface area contributed by atoms with Crippen molar-refractivity contribution in [2.45, 2.75) is 0 Å². The van der Waals surface area contributed by atoms with Crippen molar-refractivity contribution in [1.82, 2.24) is 4.40 Å². The average molecular weight is 414 g/mol. The van der Waals surface area contributed by atoms with Crippen LogP contribution in [0, 0.1) is 0 Å². The van der Waals surface area contributed by atoms with E-state index < -0.39 is 0 Å². The van der Waals surface area contributed by atoms with Crippen LogP contribution >= 0.6 is 15.9 Å². The van der Waals surface area contributed by atoms with Crippen LogP contribution in [-0.4, -0.2) is 4.40 Å². The lowest BCUT2D eigenvalue weighted by molar-refractivity contribution is 0.637. The Morgan fingerprint density at radius 1 is 0.815 bits per heavy atom. The van der Waals surface area contributed by atoms with Gasteiger partial charge in [-0.2, -0.15) is 0 Å². The minimum atomic E-state index is -0.0131. The van der Waals surface area contributed by atoms with Crippen LogP contribution in [0.4, 0.5) is 0 Å². The van der Waals surface area contributed by atoms with Crippen LogP contribution < -0.4 is 5.56 Å². The molecule has 0 aliphatic heterocycles. The molecule has 27 heavy (non-hydrogen) atoms. The maximum atomic E-state index is 13.3. The molecule has 0 radical (unpaired) electrons. The van der Waals surface area contributed by atoms with Crippen LogP contribution in [0.2, 0.25) is 0 Å². The number of pyridine rings is 1. The molecule has 3 nitrogen and oxygen atoms in total. The zero-order valence-corrected chi connectivity index (χ0v) is 15.7. The highest BCUT2D eigenvalue weighted by Crippen LogP contribution is 2.43. The highest BCUT2D eigenvalue weighted by Gasteiger charge is 2.24. The van der Waals surface area contributed by atoms with Gasteiger partial charge in [-0.25, -0.2) is 0 Å². The van der Waals surface area contributed by atoms with Crippen molar-refractivity contribution in [3.8, 4) is 11.3 Å². The molecule has 3 aromatic carbocycles. The van der Waals surface area contributed by atoms with Gasteiger partial charge in [-0.3, -0.25) is 9.20 Å². The molecule has 3 aromatic heterocycles. The van der Waals surface area contributed by atoms with E-state index in [0.29, 0.717) is 5.39 Å². The smallest absolute Gasteiger partial charge is 0.263 e. The number of fused-ring (bicyclic) bond motifs is 5. The molecule has 0 amide bonds. The van der Waals surface area contributed by atoms with Gasteiger partial charge in [0, 0.05) is 20.8 Å². The Morgan fingerprint density at radius 3 is 2.37 bits per heavy atom. The van der Waals surface area contributed by atoms with E-state index >= 15 is 0 Å². The van der Waals surface area contributed by atoms with Gasteiger partial charge in [0.1, 0.15) is 11.3 Å². The minimum absolute atomic E-state index is 0.0131. The number of furan rings is 1. The number of rotatable bonds is 1. The van der Waals surface area contributed by atoms with Crippen LogP contribution in [0.1, 0.15) is 0 Å². The molecule has 6 rings (SSSR count). The SMILES string of the molecule is O=c1c2ccccc2c2oc(-c3ccccc3)c3c4cc(Br)ccc4n1c23. The van der Waals surface area contributed by atoms with Crippen LogP contribution in [0.5, 0.6) is 0 Å². The largest absolute Gasteiger partial charge is 0.453 e. The second-order valence-electron chi connectivity index (χ2n) is 6.70. The third kappa shape index (κ3) is 1.88. The molecular weight excluding hydrogens is 402 g/mol. The first kappa shape index (κ1) is 15.0. The number of aromatic nitrogens is 1. The maximum absolute atomic E-state index is 13.3. The molecule has 4 heteroatoms. The van der Waals surface area contributed by atoms with E-state index in [2.05, 4.69) is 22.0 Å². The van der Waals surface area contributed by atoms with Gasteiger partial charge in [0.25, 0.3) is 5.56 Å². The van der Waals surface area contributed by atoms with E-state index in [-0.39, 0.29) is 5.56 Å². The Hall–Kier alpha value is -3.11. The second-order valence-corrected chi connectivity index (χ2v) is 7.61. The number of benzene rings is 3. The minimum Gasteiger partial charge on any atom is -0.453 e. The molecule has 3 heterocycles. The molecule has 6 aromatic rings. The molecule has 0 N–H and O–H groups in total. The van der Waals surface area contributed by atoms with Gasteiger partial charge in [0.15, 0.2) is 5.58 Å². The van der Waals surface area contributed by atoms with Crippen LogP contribution in [-0.2, 0) is 0 Å². The van der Waals surface area contributed by atoms with Gasteiger partial charge in [-0.1, -0.05) is 64.5 Å². The van der Waals surface area contributed by atoms with Gasteiger partial charge in [-0.15, -0.1) is 0 Å². The van der Waals surface area contributed by atoms with Crippen molar-refractivity contribution < 1.29 is 4.42 Å². The highest BCUT2D eigenvalue weighted by atomic mass is 79.9. The van der Waals surface area contributed by atoms with Gasteiger partial charge in [-0.05, 0) is 24.3 Å². The maximum Gasteiger partial charge on any atom is 0.263 e. The fraction of sp³-hybridized carbons (Fsp3) is 0. The Labute approximate surface area is 161 Å². The summed E-state index contributed by atoms with van der Waals surface area (Å²) < 4.78 is 9.18. The second kappa shape index (κ2) is 5.21. The van der Waals surface area contributed by atoms with Crippen molar-refractivity contribution in [1.29, 1.82) is 0 Å². The van der Waals surface area contributed by atoms with Crippen molar-refractivity contribution in [2.75, 3.05) is 0 Å². The van der Waals surface area contributed by atoms with Crippen LogP contribution in [0.3, 0.4) is 0 Å². The van der Waals surface area contributed by atoms with Crippen molar-refractivity contribution in [3.05, 3.63) is 87.6 Å². The Bertz CT molecular complexity index is 1540. The molecule has 0 saturated heterocycles. The number of halogens is 1. The normalized spacial score (nSPS) is 12.0. The standard InChI is InChI=1S/C23H12BrNO2/c24-14-10-11-18-17(12-14)19-20-22(27-21(19)13-6-2-1-3-7-13)15-8-4-5-9-16(15)23(26)25(18)20/h1-12H. The number of hydrogen-bond acceptors (Lipinski definition) is 2. The number of hydrogen-bond donors (Lipinski definition) is 0. The van der Waals surface area contributed by atoms with Gasteiger partial charge in [0.2, 0.25) is 0 Å². The molecule has 0 aliphatic rings. The topological polar surface area (TPSA) is 34.6 Å². The molecule has 0 atom stereocenters. The molecule has 128 valence electrons. The van der Waals surface area contributed by atoms with Crippen molar-refractivity contribution >= 4 is 54.1 Å². The third-order valence-corrected chi connectivity index (χ3v) is 5.71. The monoisotopic (exact) mass is 413 g/mol. The fourth-order valence-corrected chi connectivity index (χ4v) is 4.45. The van der Waals surface area contributed by atoms with E-state index in [9.17, 15) is 4.79 Å². The lowest BCUT2D eigenvalue weighted by atomic mass is 10.1. The Kier molecular flexibility index (Phi) is 2.89. The third-order valence-electron chi connectivity index (χ3n) is 5.22. The summed E-state index contributed by atoms with van der Waals surface area (Å²) in [7, 11) is 0. The first-order valence-electron chi connectivity index (χ1n) is 8.70. The van der Waals surface area contributed by atoms with Crippen molar-refractivity contribution in [2.24, 2.45) is 0 Å². The summed E-state index contributed by atoms with van der Waals surface area (Å²) in [5.74, 6) is 0.798. The van der Waals surface area contributed by atoms with E-state index in [4.69, 9.17) is 4.42 Å². The predicted octanol–water partition coefficient (Wildman–Crippen LogP) is 6.22. The van der Waals surface area contributed by atoms with Gasteiger partial charge >= 0.3 is 0 Å². The van der Waals surface area contributed by atoms with Gasteiger partial charge in [0.05, 0.1) is 16.3 Å². The number of nitrogens with zero attached hydrogens (tertiary/aromatic N) is 1. The van der Waals surface area contributed by atoms with E-state index in [1.54, 1.807) is 4.40 Å². The first-order chi connectivity index (χ1) is 13.2.